The molecule has 0 bridgehead atoms. The molecule has 1 fully saturated rings. The lowest BCUT2D eigenvalue weighted by Crippen LogP contribution is -2.41. The van der Waals surface area contributed by atoms with Gasteiger partial charge in [-0.2, -0.15) is 18.3 Å². The maximum absolute atomic E-state index is 15.0. The molecule has 0 saturated carbocycles. The summed E-state index contributed by atoms with van der Waals surface area (Å²) in [5.41, 5.74) is -1.98. The SMILES string of the molecule is CC1c2cc(OC3CCN(C(=O)O)CC3)c(F)cc2CN1c1cnn(COCC[Si](C)(C)C)c(=O)c1C(F)(F)F. The van der Waals surface area contributed by atoms with E-state index in [2.05, 4.69) is 24.7 Å². The second-order valence-electron chi connectivity index (χ2n) is 11.4. The van der Waals surface area contributed by atoms with Crippen molar-refractivity contribution in [1.82, 2.24) is 14.7 Å². The number of amides is 1. The Morgan fingerprint density at radius 1 is 1.20 bits per heavy atom. The minimum atomic E-state index is -4.95. The fraction of sp³-hybridized carbons (Fsp3) is 0.577. The van der Waals surface area contributed by atoms with Crippen LogP contribution in [0.3, 0.4) is 0 Å². The zero-order chi connectivity index (χ0) is 29.4. The molecule has 1 N–H and O–H groups in total. The number of piperidine rings is 1. The Kier molecular flexibility index (Phi) is 8.50. The number of likely N-dealkylation sites (tertiary alicyclic amines) is 1. The number of carboxylic acid groups (broad SMARTS) is 1. The first-order chi connectivity index (χ1) is 18.7. The van der Waals surface area contributed by atoms with Gasteiger partial charge < -0.3 is 24.4 Å². The highest BCUT2D eigenvalue weighted by atomic mass is 28.3. The number of carbonyl (C=O) groups is 1. The third-order valence-corrected chi connectivity index (χ3v) is 8.99. The standard InChI is InChI=1S/C26H34F4N4O5Si/c1-16-19-12-22(39-18-5-7-32(8-6-18)25(36)37)20(27)11-17(19)14-33(16)21-13-31-34(15-38-9-10-40(2,3)4)24(35)23(21)26(28,29)30/h11-13,16,18H,5-10,14-15H2,1-4H3,(H,36,37). The molecule has 2 aromatic rings. The molecule has 0 spiro atoms. The van der Waals surface area contributed by atoms with Crippen molar-refractivity contribution >= 4 is 19.9 Å². The quantitative estimate of drug-likeness (QED) is 0.254. The summed E-state index contributed by atoms with van der Waals surface area (Å²) in [6.07, 6.45) is -4.57. The van der Waals surface area contributed by atoms with Crippen molar-refractivity contribution < 1.29 is 36.9 Å². The van der Waals surface area contributed by atoms with Crippen LogP contribution < -0.4 is 15.2 Å². The molecule has 1 atom stereocenters. The summed E-state index contributed by atoms with van der Waals surface area (Å²) in [5.74, 6) is -0.699. The lowest BCUT2D eigenvalue weighted by Gasteiger charge is -2.30. The molecule has 2 aliphatic heterocycles. The van der Waals surface area contributed by atoms with Gasteiger partial charge in [-0.05, 0) is 36.2 Å². The first-order valence-electron chi connectivity index (χ1n) is 13.1. The first-order valence-corrected chi connectivity index (χ1v) is 16.8. The van der Waals surface area contributed by atoms with E-state index in [9.17, 15) is 27.2 Å². The zero-order valence-electron chi connectivity index (χ0n) is 22.9. The molecule has 0 radical (unpaired) electrons. The Balaban J connectivity index is 1.55. The van der Waals surface area contributed by atoms with E-state index in [1.807, 2.05) is 0 Å². The number of aromatic nitrogens is 2. The summed E-state index contributed by atoms with van der Waals surface area (Å²) in [4.78, 5) is 26.7. The Morgan fingerprint density at radius 2 is 1.88 bits per heavy atom. The Bertz CT molecular complexity index is 1310. The molecule has 1 aromatic carbocycles. The minimum Gasteiger partial charge on any atom is -0.487 e. The zero-order valence-corrected chi connectivity index (χ0v) is 23.9. The maximum atomic E-state index is 15.0. The third-order valence-electron chi connectivity index (χ3n) is 7.28. The largest absolute Gasteiger partial charge is 0.487 e. The number of ether oxygens (including phenoxy) is 2. The number of rotatable bonds is 8. The van der Waals surface area contributed by atoms with Gasteiger partial charge in [0.1, 0.15) is 18.4 Å². The number of halogens is 4. The molecule has 40 heavy (non-hydrogen) atoms. The van der Waals surface area contributed by atoms with E-state index in [0.717, 1.165) is 12.2 Å². The molecule has 4 rings (SSSR count). The lowest BCUT2D eigenvalue weighted by molar-refractivity contribution is -0.138. The molecule has 14 heteroatoms. The van der Waals surface area contributed by atoms with Gasteiger partial charge in [-0.1, -0.05) is 19.6 Å². The highest BCUT2D eigenvalue weighted by molar-refractivity contribution is 6.76. The topological polar surface area (TPSA) is 97.1 Å². The summed E-state index contributed by atoms with van der Waals surface area (Å²) in [6, 6.07) is 2.88. The number of benzene rings is 1. The van der Waals surface area contributed by atoms with Crippen LogP contribution in [0, 0.1) is 5.82 Å². The van der Waals surface area contributed by atoms with E-state index in [1.165, 1.54) is 21.9 Å². The molecule has 9 nitrogen and oxygen atoms in total. The Labute approximate surface area is 230 Å². The van der Waals surface area contributed by atoms with Crippen molar-refractivity contribution in [3.8, 4) is 5.75 Å². The third kappa shape index (κ3) is 6.60. The smallest absolute Gasteiger partial charge is 0.423 e. The van der Waals surface area contributed by atoms with Crippen molar-refractivity contribution in [2.24, 2.45) is 0 Å². The monoisotopic (exact) mass is 586 g/mol. The number of alkyl halides is 3. The molecular formula is C26H34F4N4O5Si. The van der Waals surface area contributed by atoms with Crippen molar-refractivity contribution in [1.29, 1.82) is 0 Å². The summed E-state index contributed by atoms with van der Waals surface area (Å²) >= 11 is 0. The highest BCUT2D eigenvalue weighted by Gasteiger charge is 2.42. The first kappa shape index (κ1) is 29.8. The van der Waals surface area contributed by atoms with Crippen LogP contribution in [0.1, 0.15) is 42.5 Å². The van der Waals surface area contributed by atoms with Crippen molar-refractivity contribution in [2.45, 2.75) is 77.0 Å². The number of anilines is 1. The number of fused-ring (bicyclic) bond motifs is 1. The van der Waals surface area contributed by atoms with Crippen molar-refractivity contribution in [2.75, 3.05) is 24.6 Å². The molecule has 1 aromatic heterocycles. The normalized spacial score (nSPS) is 18.2. The van der Waals surface area contributed by atoms with E-state index in [1.54, 1.807) is 6.92 Å². The predicted molar refractivity (Wildman–Crippen MR) is 142 cm³/mol. The molecule has 2 aliphatic rings. The van der Waals surface area contributed by atoms with Crippen LogP contribution in [0.15, 0.2) is 23.1 Å². The van der Waals surface area contributed by atoms with E-state index in [-0.39, 0.29) is 37.8 Å². The van der Waals surface area contributed by atoms with Gasteiger partial charge in [0.25, 0.3) is 5.56 Å². The van der Waals surface area contributed by atoms with E-state index in [4.69, 9.17) is 14.6 Å². The van der Waals surface area contributed by atoms with Gasteiger partial charge in [-0.3, -0.25) is 4.79 Å². The Hall–Kier alpha value is -3.13. The maximum Gasteiger partial charge on any atom is 0.423 e. The number of nitrogens with zero attached hydrogens (tertiary/aromatic N) is 4. The fourth-order valence-electron chi connectivity index (χ4n) is 4.94. The summed E-state index contributed by atoms with van der Waals surface area (Å²) < 4.78 is 69.5. The van der Waals surface area contributed by atoms with Gasteiger partial charge >= 0.3 is 12.3 Å². The van der Waals surface area contributed by atoms with Crippen LogP contribution in [0.4, 0.5) is 28.0 Å². The van der Waals surface area contributed by atoms with E-state index >= 15 is 0 Å². The molecule has 1 amide bonds. The van der Waals surface area contributed by atoms with Crippen LogP contribution in [-0.2, 0) is 24.2 Å². The second kappa shape index (κ2) is 11.4. The van der Waals surface area contributed by atoms with Gasteiger partial charge in [0.2, 0.25) is 0 Å². The van der Waals surface area contributed by atoms with Crippen LogP contribution in [-0.4, -0.2) is 59.8 Å². The summed E-state index contributed by atoms with van der Waals surface area (Å²) in [6.45, 7) is 8.49. The molecule has 3 heterocycles. The van der Waals surface area contributed by atoms with Crippen LogP contribution in [0.25, 0.3) is 0 Å². The second-order valence-corrected chi connectivity index (χ2v) is 17.0. The van der Waals surface area contributed by atoms with E-state index < -0.39 is 49.4 Å². The summed E-state index contributed by atoms with van der Waals surface area (Å²) in [7, 11) is -1.42. The number of hydrogen-bond donors (Lipinski definition) is 1. The predicted octanol–water partition coefficient (Wildman–Crippen LogP) is 5.32. The molecule has 1 unspecified atom stereocenters. The average Bonchev–Trinajstić information content (AvgIpc) is 3.16. The van der Waals surface area contributed by atoms with Gasteiger partial charge in [0.15, 0.2) is 11.6 Å². The average molecular weight is 587 g/mol. The molecule has 1 saturated heterocycles. The van der Waals surface area contributed by atoms with Crippen molar-refractivity contribution in [3.63, 3.8) is 0 Å². The molecule has 0 aliphatic carbocycles. The summed E-state index contributed by atoms with van der Waals surface area (Å²) in [5, 5.41) is 13.1. The highest BCUT2D eigenvalue weighted by Crippen LogP contribution is 2.43. The fourth-order valence-corrected chi connectivity index (χ4v) is 5.70. The lowest BCUT2D eigenvalue weighted by atomic mass is 10.0. The minimum absolute atomic E-state index is 0.0405. The van der Waals surface area contributed by atoms with Gasteiger partial charge in [0, 0.05) is 47.2 Å². The van der Waals surface area contributed by atoms with Crippen LogP contribution in [0.2, 0.25) is 25.7 Å². The van der Waals surface area contributed by atoms with Gasteiger partial charge in [-0.25, -0.2) is 13.9 Å². The Morgan fingerprint density at radius 3 is 2.48 bits per heavy atom. The van der Waals surface area contributed by atoms with Crippen LogP contribution in [0.5, 0.6) is 5.75 Å². The van der Waals surface area contributed by atoms with E-state index in [0.29, 0.717) is 35.3 Å². The van der Waals surface area contributed by atoms with Gasteiger partial charge in [0.05, 0.1) is 17.9 Å². The molecule has 220 valence electrons. The number of hydrogen-bond acceptors (Lipinski definition) is 6. The van der Waals surface area contributed by atoms with Crippen LogP contribution >= 0.6 is 0 Å². The van der Waals surface area contributed by atoms with Gasteiger partial charge in [-0.15, -0.1) is 0 Å². The molecular weight excluding hydrogens is 552 g/mol. The van der Waals surface area contributed by atoms with Crippen molar-refractivity contribution in [3.05, 3.63) is 51.2 Å².